The Hall–Kier alpha value is -2.69. The number of carbonyl (C=O) groups is 1. The molecule has 24 heavy (non-hydrogen) atoms. The molecule has 0 radical (unpaired) electrons. The van der Waals surface area contributed by atoms with Gasteiger partial charge in [-0.3, -0.25) is 4.79 Å². The molecule has 2 aromatic carbocycles. The number of ether oxygens (including phenoxy) is 3. The molecule has 1 heterocycles. The van der Waals surface area contributed by atoms with Crippen molar-refractivity contribution in [2.24, 2.45) is 0 Å². The lowest BCUT2D eigenvalue weighted by molar-refractivity contribution is 0.0980. The van der Waals surface area contributed by atoms with Crippen LogP contribution in [0.4, 0.5) is 5.69 Å². The lowest BCUT2D eigenvalue weighted by Crippen LogP contribution is -2.35. The van der Waals surface area contributed by atoms with Gasteiger partial charge in [0.2, 0.25) is 5.75 Å². The van der Waals surface area contributed by atoms with Gasteiger partial charge in [0.05, 0.1) is 21.3 Å². The number of nitrogens with zero attached hydrogens (tertiary/aromatic N) is 1. The SMILES string of the molecule is COc1cc(C(=O)N2c3ccccc3C[C@@H]2C)cc(OC)c1OC. The van der Waals surface area contributed by atoms with E-state index in [1.165, 1.54) is 5.56 Å². The van der Waals surface area contributed by atoms with E-state index in [4.69, 9.17) is 14.2 Å². The van der Waals surface area contributed by atoms with E-state index in [1.54, 1.807) is 33.5 Å². The van der Waals surface area contributed by atoms with E-state index in [-0.39, 0.29) is 11.9 Å². The molecule has 5 nitrogen and oxygen atoms in total. The third kappa shape index (κ3) is 2.56. The third-order valence-electron chi connectivity index (χ3n) is 4.34. The van der Waals surface area contributed by atoms with Crippen molar-refractivity contribution in [3.05, 3.63) is 47.5 Å². The van der Waals surface area contributed by atoms with Gasteiger partial charge in [0, 0.05) is 17.3 Å². The molecule has 0 unspecified atom stereocenters. The Morgan fingerprint density at radius 1 is 1.04 bits per heavy atom. The van der Waals surface area contributed by atoms with Crippen molar-refractivity contribution in [1.29, 1.82) is 0 Å². The molecule has 1 amide bonds. The number of fused-ring (bicyclic) bond motifs is 1. The molecule has 0 N–H and O–H groups in total. The van der Waals surface area contributed by atoms with Gasteiger partial charge in [-0.25, -0.2) is 0 Å². The summed E-state index contributed by atoms with van der Waals surface area (Å²) in [5.41, 5.74) is 2.66. The molecule has 0 fully saturated rings. The molecule has 1 aliphatic heterocycles. The van der Waals surface area contributed by atoms with Crippen molar-refractivity contribution in [3.8, 4) is 17.2 Å². The summed E-state index contributed by atoms with van der Waals surface area (Å²) in [7, 11) is 4.62. The van der Waals surface area contributed by atoms with Gasteiger partial charge in [-0.1, -0.05) is 18.2 Å². The minimum atomic E-state index is -0.0771. The third-order valence-corrected chi connectivity index (χ3v) is 4.34. The van der Waals surface area contributed by atoms with Crippen molar-refractivity contribution in [3.63, 3.8) is 0 Å². The Bertz CT molecular complexity index is 747. The molecule has 0 bridgehead atoms. The normalized spacial score (nSPS) is 15.8. The van der Waals surface area contributed by atoms with E-state index in [9.17, 15) is 4.79 Å². The highest BCUT2D eigenvalue weighted by Gasteiger charge is 2.32. The Morgan fingerprint density at radius 2 is 1.67 bits per heavy atom. The van der Waals surface area contributed by atoms with Gasteiger partial charge < -0.3 is 19.1 Å². The first-order chi connectivity index (χ1) is 11.6. The molecule has 1 aliphatic rings. The molecule has 0 aliphatic carbocycles. The van der Waals surface area contributed by atoms with Crippen LogP contribution in [0, 0.1) is 0 Å². The average molecular weight is 327 g/mol. The van der Waals surface area contributed by atoms with Gasteiger partial charge in [0.25, 0.3) is 5.91 Å². The van der Waals surface area contributed by atoms with E-state index >= 15 is 0 Å². The minimum absolute atomic E-state index is 0.0771. The van der Waals surface area contributed by atoms with E-state index in [0.29, 0.717) is 22.8 Å². The van der Waals surface area contributed by atoms with Gasteiger partial charge in [-0.2, -0.15) is 0 Å². The molecule has 2 aromatic rings. The second kappa shape index (κ2) is 6.43. The van der Waals surface area contributed by atoms with E-state index in [1.807, 2.05) is 23.1 Å². The maximum absolute atomic E-state index is 13.1. The van der Waals surface area contributed by atoms with Gasteiger partial charge >= 0.3 is 0 Å². The van der Waals surface area contributed by atoms with E-state index in [0.717, 1.165) is 12.1 Å². The number of carbonyl (C=O) groups excluding carboxylic acids is 1. The number of methoxy groups -OCH3 is 3. The van der Waals surface area contributed by atoms with Gasteiger partial charge in [-0.15, -0.1) is 0 Å². The van der Waals surface area contributed by atoms with Crippen LogP contribution < -0.4 is 19.1 Å². The molecule has 0 saturated heterocycles. The summed E-state index contributed by atoms with van der Waals surface area (Å²) < 4.78 is 16.0. The molecule has 3 rings (SSSR count). The molecule has 0 aromatic heterocycles. The van der Waals surface area contributed by atoms with Gasteiger partial charge in [0.15, 0.2) is 11.5 Å². The predicted octanol–water partition coefficient (Wildman–Crippen LogP) is 3.30. The summed E-state index contributed by atoms with van der Waals surface area (Å²) in [6, 6.07) is 11.5. The molecule has 5 heteroatoms. The quantitative estimate of drug-likeness (QED) is 0.864. The van der Waals surface area contributed by atoms with Crippen LogP contribution in [0.5, 0.6) is 17.2 Å². The first-order valence-corrected chi connectivity index (χ1v) is 7.82. The van der Waals surface area contributed by atoms with Crippen molar-refractivity contribution in [1.82, 2.24) is 0 Å². The van der Waals surface area contributed by atoms with Crippen LogP contribution in [-0.2, 0) is 6.42 Å². The largest absolute Gasteiger partial charge is 0.493 e. The van der Waals surface area contributed by atoms with Crippen LogP contribution in [-0.4, -0.2) is 33.3 Å². The van der Waals surface area contributed by atoms with Crippen molar-refractivity contribution in [2.75, 3.05) is 26.2 Å². The number of para-hydroxylation sites is 1. The molecule has 126 valence electrons. The second-order valence-corrected chi connectivity index (χ2v) is 5.77. The number of anilines is 1. The van der Waals surface area contributed by atoms with Crippen LogP contribution in [0.1, 0.15) is 22.8 Å². The number of amides is 1. The lowest BCUT2D eigenvalue weighted by atomic mass is 10.1. The highest BCUT2D eigenvalue weighted by Crippen LogP contribution is 2.40. The van der Waals surface area contributed by atoms with Crippen molar-refractivity contribution in [2.45, 2.75) is 19.4 Å². The summed E-state index contributed by atoms with van der Waals surface area (Å²) in [4.78, 5) is 15.0. The highest BCUT2D eigenvalue weighted by molar-refractivity contribution is 6.08. The second-order valence-electron chi connectivity index (χ2n) is 5.77. The lowest BCUT2D eigenvalue weighted by Gasteiger charge is -2.23. The fourth-order valence-electron chi connectivity index (χ4n) is 3.22. The maximum atomic E-state index is 13.1. The number of benzene rings is 2. The summed E-state index contributed by atoms with van der Waals surface area (Å²) in [6.45, 7) is 2.05. The number of hydrogen-bond acceptors (Lipinski definition) is 4. The molecule has 0 saturated carbocycles. The zero-order valence-electron chi connectivity index (χ0n) is 14.3. The first-order valence-electron chi connectivity index (χ1n) is 7.82. The smallest absolute Gasteiger partial charge is 0.258 e. The zero-order valence-corrected chi connectivity index (χ0v) is 14.3. The van der Waals surface area contributed by atoms with Crippen LogP contribution >= 0.6 is 0 Å². The van der Waals surface area contributed by atoms with Crippen LogP contribution in [0.25, 0.3) is 0 Å². The standard InChI is InChI=1S/C19H21NO4/c1-12-9-13-7-5-6-8-15(13)20(12)19(21)14-10-16(22-2)18(24-4)17(11-14)23-3/h5-8,10-12H,9H2,1-4H3/t12-/m0/s1. The summed E-state index contributed by atoms with van der Waals surface area (Å²) >= 11 is 0. The fraction of sp³-hybridized carbons (Fsp3) is 0.316. The van der Waals surface area contributed by atoms with Crippen LogP contribution in [0.3, 0.4) is 0 Å². The monoisotopic (exact) mass is 327 g/mol. The van der Waals surface area contributed by atoms with Crippen molar-refractivity contribution >= 4 is 11.6 Å². The predicted molar refractivity (Wildman–Crippen MR) is 92.5 cm³/mol. The summed E-state index contributed by atoms with van der Waals surface area (Å²) in [6.07, 6.45) is 0.854. The molecule has 0 spiro atoms. The van der Waals surface area contributed by atoms with Gasteiger partial charge in [-0.05, 0) is 37.1 Å². The Morgan fingerprint density at radius 3 is 2.25 bits per heavy atom. The summed E-state index contributed by atoms with van der Waals surface area (Å²) in [5, 5.41) is 0. The average Bonchev–Trinajstić information content (AvgIpc) is 2.95. The molecular formula is C19H21NO4. The number of rotatable bonds is 4. The molecule has 1 atom stereocenters. The Balaban J connectivity index is 2.05. The Kier molecular flexibility index (Phi) is 4.34. The van der Waals surface area contributed by atoms with Crippen LogP contribution in [0.15, 0.2) is 36.4 Å². The van der Waals surface area contributed by atoms with Gasteiger partial charge in [0.1, 0.15) is 0 Å². The maximum Gasteiger partial charge on any atom is 0.258 e. The van der Waals surface area contributed by atoms with Crippen LogP contribution in [0.2, 0.25) is 0 Å². The summed E-state index contributed by atoms with van der Waals surface area (Å²) in [5.74, 6) is 1.35. The Labute approximate surface area is 141 Å². The first kappa shape index (κ1) is 16.2. The van der Waals surface area contributed by atoms with Crippen molar-refractivity contribution < 1.29 is 19.0 Å². The highest BCUT2D eigenvalue weighted by atomic mass is 16.5. The fourth-order valence-corrected chi connectivity index (χ4v) is 3.22. The minimum Gasteiger partial charge on any atom is -0.493 e. The zero-order chi connectivity index (χ0) is 17.3. The van der Waals surface area contributed by atoms with E-state index in [2.05, 4.69) is 13.0 Å². The topological polar surface area (TPSA) is 48.0 Å². The molecular weight excluding hydrogens is 306 g/mol. The van der Waals surface area contributed by atoms with E-state index < -0.39 is 0 Å². The number of hydrogen-bond donors (Lipinski definition) is 0.